The first-order valence-electron chi connectivity index (χ1n) is 7.27. The van der Waals surface area contributed by atoms with Crippen LogP contribution in [-0.4, -0.2) is 40.1 Å². The van der Waals surface area contributed by atoms with Crippen molar-refractivity contribution in [3.05, 3.63) is 36.9 Å². The fourth-order valence-corrected chi connectivity index (χ4v) is 2.80. The van der Waals surface area contributed by atoms with Gasteiger partial charge in [-0.3, -0.25) is 9.36 Å². The van der Waals surface area contributed by atoms with E-state index in [0.717, 1.165) is 17.1 Å². The third-order valence-corrected chi connectivity index (χ3v) is 4.05. The molecular formula is C16H20N4O2S. The minimum atomic E-state index is -0.0170. The van der Waals surface area contributed by atoms with E-state index in [1.165, 1.54) is 11.8 Å². The van der Waals surface area contributed by atoms with Gasteiger partial charge in [-0.15, -0.1) is 16.8 Å². The summed E-state index contributed by atoms with van der Waals surface area (Å²) in [7, 11) is 1.63. The molecule has 122 valence electrons. The number of benzene rings is 1. The maximum absolute atomic E-state index is 11.6. The topological polar surface area (TPSA) is 69.0 Å². The van der Waals surface area contributed by atoms with Crippen LogP contribution < -0.4 is 10.1 Å². The van der Waals surface area contributed by atoms with Gasteiger partial charge in [0.1, 0.15) is 5.75 Å². The molecule has 7 heteroatoms. The summed E-state index contributed by atoms with van der Waals surface area (Å²) in [6.45, 7) is 6.87. The SMILES string of the molecule is C=CCn1c(SCC(=O)NCC)nnc1-c1ccc(OC)cc1. The first-order valence-corrected chi connectivity index (χ1v) is 8.26. The van der Waals surface area contributed by atoms with Crippen LogP contribution in [0.3, 0.4) is 0 Å². The molecule has 0 atom stereocenters. The fraction of sp³-hybridized carbons (Fsp3) is 0.312. The zero-order valence-corrected chi connectivity index (χ0v) is 14.1. The summed E-state index contributed by atoms with van der Waals surface area (Å²) in [6, 6.07) is 7.62. The molecule has 2 aromatic rings. The van der Waals surface area contributed by atoms with Crippen LogP contribution in [0.5, 0.6) is 5.75 Å². The highest BCUT2D eigenvalue weighted by atomic mass is 32.2. The maximum Gasteiger partial charge on any atom is 0.230 e. The number of hydrogen-bond donors (Lipinski definition) is 1. The summed E-state index contributed by atoms with van der Waals surface area (Å²) in [5.74, 6) is 1.82. The number of nitrogens with one attached hydrogen (secondary N) is 1. The summed E-state index contributed by atoms with van der Waals surface area (Å²) in [5.41, 5.74) is 0.935. The summed E-state index contributed by atoms with van der Waals surface area (Å²) in [5, 5.41) is 11.9. The zero-order chi connectivity index (χ0) is 16.7. The average Bonchev–Trinajstić information content (AvgIpc) is 2.96. The van der Waals surface area contributed by atoms with Gasteiger partial charge in [0.15, 0.2) is 11.0 Å². The van der Waals surface area contributed by atoms with E-state index in [1.807, 2.05) is 35.8 Å². The average molecular weight is 332 g/mol. The van der Waals surface area contributed by atoms with Gasteiger partial charge in [-0.1, -0.05) is 17.8 Å². The largest absolute Gasteiger partial charge is 0.497 e. The molecule has 1 N–H and O–H groups in total. The normalized spacial score (nSPS) is 10.3. The van der Waals surface area contributed by atoms with E-state index in [1.54, 1.807) is 13.2 Å². The molecule has 0 radical (unpaired) electrons. The lowest BCUT2D eigenvalue weighted by Crippen LogP contribution is -2.24. The molecule has 1 aromatic heterocycles. The minimum Gasteiger partial charge on any atom is -0.497 e. The Kier molecular flexibility index (Phi) is 6.22. The van der Waals surface area contributed by atoms with Gasteiger partial charge in [-0.2, -0.15) is 0 Å². The van der Waals surface area contributed by atoms with Crippen LogP contribution in [0.2, 0.25) is 0 Å². The monoisotopic (exact) mass is 332 g/mol. The number of rotatable bonds is 8. The molecule has 1 aromatic carbocycles. The van der Waals surface area contributed by atoms with Gasteiger partial charge in [0, 0.05) is 18.7 Å². The lowest BCUT2D eigenvalue weighted by atomic mass is 10.2. The number of ether oxygens (including phenoxy) is 1. The molecule has 0 bridgehead atoms. The first-order chi connectivity index (χ1) is 11.2. The van der Waals surface area contributed by atoms with E-state index >= 15 is 0 Å². The van der Waals surface area contributed by atoms with Crippen molar-refractivity contribution in [3.8, 4) is 17.1 Å². The highest BCUT2D eigenvalue weighted by Crippen LogP contribution is 2.25. The van der Waals surface area contributed by atoms with Crippen LogP contribution in [0.25, 0.3) is 11.4 Å². The molecule has 1 amide bonds. The van der Waals surface area contributed by atoms with Gasteiger partial charge < -0.3 is 10.1 Å². The van der Waals surface area contributed by atoms with Crippen molar-refractivity contribution in [2.24, 2.45) is 0 Å². The van der Waals surface area contributed by atoms with Crippen LogP contribution in [-0.2, 0) is 11.3 Å². The number of methoxy groups -OCH3 is 1. The Morgan fingerprint density at radius 3 is 2.74 bits per heavy atom. The lowest BCUT2D eigenvalue weighted by molar-refractivity contribution is -0.118. The Balaban J connectivity index is 2.22. The summed E-state index contributed by atoms with van der Waals surface area (Å²) in [4.78, 5) is 11.6. The highest BCUT2D eigenvalue weighted by Gasteiger charge is 2.14. The smallest absolute Gasteiger partial charge is 0.230 e. The van der Waals surface area contributed by atoms with Gasteiger partial charge in [0.2, 0.25) is 5.91 Å². The van der Waals surface area contributed by atoms with Crippen molar-refractivity contribution in [1.82, 2.24) is 20.1 Å². The Labute approximate surface area is 139 Å². The predicted octanol–water partition coefficient (Wildman–Crippen LogP) is 2.37. The molecule has 23 heavy (non-hydrogen) atoms. The van der Waals surface area contributed by atoms with Crippen LogP contribution in [0.15, 0.2) is 42.1 Å². The molecule has 1 heterocycles. The van der Waals surface area contributed by atoms with E-state index in [2.05, 4.69) is 22.1 Å². The van der Waals surface area contributed by atoms with Crippen LogP contribution in [0.1, 0.15) is 6.92 Å². The van der Waals surface area contributed by atoms with Crippen molar-refractivity contribution < 1.29 is 9.53 Å². The molecule has 0 aliphatic heterocycles. The number of hydrogen-bond acceptors (Lipinski definition) is 5. The molecule has 0 fully saturated rings. The Morgan fingerprint density at radius 1 is 1.39 bits per heavy atom. The predicted molar refractivity (Wildman–Crippen MR) is 91.6 cm³/mol. The number of amides is 1. The van der Waals surface area contributed by atoms with E-state index in [-0.39, 0.29) is 5.91 Å². The lowest BCUT2D eigenvalue weighted by Gasteiger charge is -2.08. The van der Waals surface area contributed by atoms with Gasteiger partial charge in [0.25, 0.3) is 0 Å². The number of nitrogens with zero attached hydrogens (tertiary/aromatic N) is 3. The molecular weight excluding hydrogens is 312 g/mol. The summed E-state index contributed by atoms with van der Waals surface area (Å²) < 4.78 is 7.11. The standard InChI is InChI=1S/C16H20N4O2S/c1-4-10-20-15(12-6-8-13(22-3)9-7-12)18-19-16(20)23-11-14(21)17-5-2/h4,6-9H,1,5,10-11H2,2-3H3,(H,17,21). The number of allylic oxidation sites excluding steroid dienone is 1. The van der Waals surface area contributed by atoms with Crippen molar-refractivity contribution >= 4 is 17.7 Å². The summed E-state index contributed by atoms with van der Waals surface area (Å²) >= 11 is 1.36. The van der Waals surface area contributed by atoms with Gasteiger partial charge in [0.05, 0.1) is 12.9 Å². The molecule has 0 unspecified atom stereocenters. The Morgan fingerprint density at radius 2 is 2.13 bits per heavy atom. The Hall–Kier alpha value is -2.28. The van der Waals surface area contributed by atoms with Crippen LogP contribution in [0.4, 0.5) is 0 Å². The Bertz CT molecular complexity index is 667. The molecule has 6 nitrogen and oxygen atoms in total. The first kappa shape index (κ1) is 17.1. The van der Waals surface area contributed by atoms with E-state index < -0.39 is 0 Å². The minimum absolute atomic E-state index is 0.0170. The van der Waals surface area contributed by atoms with Gasteiger partial charge >= 0.3 is 0 Å². The number of carbonyl (C=O) groups excluding carboxylic acids is 1. The molecule has 0 saturated heterocycles. The quantitative estimate of drug-likeness (QED) is 0.594. The molecule has 0 spiro atoms. The van der Waals surface area contributed by atoms with Gasteiger partial charge in [-0.05, 0) is 31.2 Å². The van der Waals surface area contributed by atoms with Crippen LogP contribution >= 0.6 is 11.8 Å². The number of carbonyl (C=O) groups is 1. The van der Waals surface area contributed by atoms with E-state index in [0.29, 0.717) is 24.0 Å². The second-order valence-electron chi connectivity index (χ2n) is 4.68. The second-order valence-corrected chi connectivity index (χ2v) is 5.62. The third kappa shape index (κ3) is 4.35. The maximum atomic E-state index is 11.6. The highest BCUT2D eigenvalue weighted by molar-refractivity contribution is 7.99. The number of thioether (sulfide) groups is 1. The van der Waals surface area contributed by atoms with Crippen LogP contribution in [0, 0.1) is 0 Å². The third-order valence-electron chi connectivity index (χ3n) is 3.08. The van der Waals surface area contributed by atoms with E-state index in [9.17, 15) is 4.79 Å². The molecule has 0 saturated carbocycles. The van der Waals surface area contributed by atoms with Crippen molar-refractivity contribution in [3.63, 3.8) is 0 Å². The number of aromatic nitrogens is 3. The van der Waals surface area contributed by atoms with E-state index in [4.69, 9.17) is 4.74 Å². The fourth-order valence-electron chi connectivity index (χ4n) is 2.02. The van der Waals surface area contributed by atoms with Crippen molar-refractivity contribution in [2.75, 3.05) is 19.4 Å². The zero-order valence-electron chi connectivity index (χ0n) is 13.3. The molecule has 0 aliphatic rings. The molecule has 2 rings (SSSR count). The van der Waals surface area contributed by atoms with Gasteiger partial charge in [-0.25, -0.2) is 0 Å². The van der Waals surface area contributed by atoms with Crippen molar-refractivity contribution in [1.29, 1.82) is 0 Å². The summed E-state index contributed by atoms with van der Waals surface area (Å²) in [6.07, 6.45) is 1.78. The van der Waals surface area contributed by atoms with Crippen molar-refractivity contribution in [2.45, 2.75) is 18.6 Å². The second kappa shape index (κ2) is 8.38. The molecule has 0 aliphatic carbocycles.